The summed E-state index contributed by atoms with van der Waals surface area (Å²) in [6.07, 6.45) is -1.88. The molecule has 0 aliphatic carbocycles. The highest BCUT2D eigenvalue weighted by atomic mass is 19.4. The van der Waals surface area contributed by atoms with E-state index in [1.54, 1.807) is 0 Å². The van der Waals surface area contributed by atoms with Crippen molar-refractivity contribution in [2.75, 3.05) is 32.7 Å². The first-order valence-electron chi connectivity index (χ1n) is 6.30. The third-order valence-electron chi connectivity index (χ3n) is 3.21. The van der Waals surface area contributed by atoms with Crippen molar-refractivity contribution in [2.24, 2.45) is 0 Å². The standard InChI is InChI=1S/C12H16F3N3O2/c13-12(14,15)10(18-4-2-16-3-5-18)7-17-11(19)9-1-6-20-8-9/h1,6,8,10,16H,2-5,7H2,(H,17,19). The van der Waals surface area contributed by atoms with Crippen molar-refractivity contribution in [3.8, 4) is 0 Å². The number of hydrogen-bond donors (Lipinski definition) is 2. The van der Waals surface area contributed by atoms with Crippen LogP contribution in [0.1, 0.15) is 10.4 Å². The van der Waals surface area contributed by atoms with Crippen LogP contribution in [-0.2, 0) is 0 Å². The molecule has 112 valence electrons. The summed E-state index contributed by atoms with van der Waals surface area (Å²) in [5, 5.41) is 5.31. The van der Waals surface area contributed by atoms with Crippen molar-refractivity contribution in [3.63, 3.8) is 0 Å². The summed E-state index contributed by atoms with van der Waals surface area (Å²) < 4.78 is 43.9. The second kappa shape index (κ2) is 6.27. The van der Waals surface area contributed by atoms with Crippen molar-refractivity contribution in [2.45, 2.75) is 12.2 Å². The molecule has 1 fully saturated rings. The summed E-state index contributed by atoms with van der Waals surface area (Å²) in [4.78, 5) is 13.0. The Morgan fingerprint density at radius 1 is 1.45 bits per heavy atom. The number of halogens is 3. The topological polar surface area (TPSA) is 57.5 Å². The number of furan rings is 1. The minimum atomic E-state index is -4.37. The molecule has 1 amide bonds. The Labute approximate surface area is 114 Å². The van der Waals surface area contributed by atoms with E-state index in [4.69, 9.17) is 4.42 Å². The molecule has 0 spiro atoms. The first-order valence-corrected chi connectivity index (χ1v) is 6.30. The highest BCUT2D eigenvalue weighted by molar-refractivity contribution is 5.93. The third kappa shape index (κ3) is 3.73. The first-order chi connectivity index (χ1) is 9.48. The number of alkyl halides is 3. The molecule has 1 atom stereocenters. The zero-order valence-electron chi connectivity index (χ0n) is 10.7. The lowest BCUT2D eigenvalue weighted by Gasteiger charge is -2.35. The van der Waals surface area contributed by atoms with Crippen LogP contribution in [0.5, 0.6) is 0 Å². The van der Waals surface area contributed by atoms with Gasteiger partial charge in [-0.2, -0.15) is 13.2 Å². The Morgan fingerprint density at radius 3 is 2.70 bits per heavy atom. The van der Waals surface area contributed by atoms with E-state index in [9.17, 15) is 18.0 Å². The summed E-state index contributed by atoms with van der Waals surface area (Å²) in [5.74, 6) is -0.567. The number of amides is 1. The first kappa shape index (κ1) is 14.9. The van der Waals surface area contributed by atoms with Crippen LogP contribution >= 0.6 is 0 Å². The zero-order valence-corrected chi connectivity index (χ0v) is 10.7. The van der Waals surface area contributed by atoms with Crippen molar-refractivity contribution in [3.05, 3.63) is 24.2 Å². The van der Waals surface area contributed by atoms with E-state index in [2.05, 4.69) is 10.6 Å². The van der Waals surface area contributed by atoms with Gasteiger partial charge in [0.1, 0.15) is 12.3 Å². The van der Waals surface area contributed by atoms with Gasteiger partial charge in [-0.25, -0.2) is 0 Å². The Balaban J connectivity index is 1.95. The van der Waals surface area contributed by atoms with Crippen molar-refractivity contribution < 1.29 is 22.4 Å². The van der Waals surface area contributed by atoms with Crippen LogP contribution in [0, 0.1) is 0 Å². The van der Waals surface area contributed by atoms with E-state index in [1.807, 2.05) is 0 Å². The Kier molecular flexibility index (Phi) is 4.66. The van der Waals surface area contributed by atoms with Crippen molar-refractivity contribution in [1.29, 1.82) is 0 Å². The maximum Gasteiger partial charge on any atom is 0.405 e. The molecule has 2 heterocycles. The number of hydrogen-bond acceptors (Lipinski definition) is 4. The summed E-state index contributed by atoms with van der Waals surface area (Å²) in [6.45, 7) is 1.19. The molecule has 20 heavy (non-hydrogen) atoms. The van der Waals surface area contributed by atoms with E-state index in [0.717, 1.165) is 0 Å². The SMILES string of the molecule is O=C(NCC(N1CCNCC1)C(F)(F)F)c1ccoc1. The van der Waals surface area contributed by atoms with Gasteiger partial charge in [0.25, 0.3) is 5.91 Å². The van der Waals surface area contributed by atoms with Gasteiger partial charge in [0.2, 0.25) is 0 Å². The van der Waals surface area contributed by atoms with Crippen molar-refractivity contribution >= 4 is 5.91 Å². The second-order valence-corrected chi connectivity index (χ2v) is 4.57. The number of rotatable bonds is 4. The number of carbonyl (C=O) groups is 1. The molecule has 1 unspecified atom stereocenters. The average molecular weight is 291 g/mol. The highest BCUT2D eigenvalue weighted by Crippen LogP contribution is 2.24. The molecule has 8 heteroatoms. The van der Waals surface area contributed by atoms with E-state index < -0.39 is 24.7 Å². The van der Waals surface area contributed by atoms with Gasteiger partial charge in [0.15, 0.2) is 0 Å². The predicted octanol–water partition coefficient (Wildman–Crippen LogP) is 0.845. The molecule has 2 rings (SSSR count). The number of piperazine rings is 1. The number of nitrogens with zero attached hydrogens (tertiary/aromatic N) is 1. The molecule has 1 aliphatic heterocycles. The summed E-state index contributed by atoms with van der Waals surface area (Å²) in [5.41, 5.74) is 0.214. The van der Waals surface area contributed by atoms with Gasteiger partial charge in [-0.3, -0.25) is 9.69 Å². The average Bonchev–Trinajstić information content (AvgIpc) is 2.92. The molecule has 1 aromatic rings. The van der Waals surface area contributed by atoms with E-state index >= 15 is 0 Å². The van der Waals surface area contributed by atoms with Gasteiger partial charge in [-0.05, 0) is 6.07 Å². The fourth-order valence-corrected chi connectivity index (χ4v) is 2.13. The maximum absolute atomic E-state index is 13.1. The highest BCUT2D eigenvalue weighted by Gasteiger charge is 2.43. The molecule has 0 saturated carbocycles. The minimum absolute atomic E-state index is 0.214. The largest absolute Gasteiger partial charge is 0.472 e. The second-order valence-electron chi connectivity index (χ2n) is 4.57. The van der Waals surface area contributed by atoms with Crippen LogP contribution in [0.25, 0.3) is 0 Å². The molecule has 5 nitrogen and oxygen atoms in total. The molecular formula is C12H16F3N3O2. The lowest BCUT2D eigenvalue weighted by molar-refractivity contribution is -0.183. The predicted molar refractivity (Wildman–Crippen MR) is 65.3 cm³/mol. The molecular weight excluding hydrogens is 275 g/mol. The fourth-order valence-electron chi connectivity index (χ4n) is 2.13. The summed E-state index contributed by atoms with van der Waals surface area (Å²) in [6, 6.07) is -0.261. The van der Waals surface area contributed by atoms with Crippen LogP contribution in [-0.4, -0.2) is 55.7 Å². The van der Waals surface area contributed by atoms with Crippen molar-refractivity contribution in [1.82, 2.24) is 15.5 Å². The van der Waals surface area contributed by atoms with Crippen LogP contribution in [0.2, 0.25) is 0 Å². The number of carbonyl (C=O) groups excluding carboxylic acids is 1. The smallest absolute Gasteiger partial charge is 0.405 e. The van der Waals surface area contributed by atoms with Gasteiger partial charge < -0.3 is 15.1 Å². The molecule has 0 aromatic carbocycles. The monoisotopic (exact) mass is 291 g/mol. The normalized spacial score (nSPS) is 18.8. The maximum atomic E-state index is 13.1. The van der Waals surface area contributed by atoms with Gasteiger partial charge in [-0.1, -0.05) is 0 Å². The molecule has 0 bridgehead atoms. The lowest BCUT2D eigenvalue weighted by atomic mass is 10.2. The molecule has 0 radical (unpaired) electrons. The van der Waals surface area contributed by atoms with E-state index in [1.165, 1.54) is 23.5 Å². The van der Waals surface area contributed by atoms with Crippen LogP contribution in [0.15, 0.2) is 23.0 Å². The Bertz CT molecular complexity index is 428. The van der Waals surface area contributed by atoms with Gasteiger partial charge in [0, 0.05) is 32.7 Å². The lowest BCUT2D eigenvalue weighted by Crippen LogP contribution is -2.57. The number of nitrogens with one attached hydrogen (secondary N) is 2. The Morgan fingerprint density at radius 2 is 2.15 bits per heavy atom. The molecule has 1 aromatic heterocycles. The zero-order chi connectivity index (χ0) is 14.6. The van der Waals surface area contributed by atoms with Gasteiger partial charge in [0.05, 0.1) is 11.8 Å². The Hall–Kier alpha value is -1.54. The van der Waals surface area contributed by atoms with Gasteiger partial charge in [-0.15, -0.1) is 0 Å². The summed E-state index contributed by atoms with van der Waals surface area (Å²) in [7, 11) is 0. The molecule has 2 N–H and O–H groups in total. The minimum Gasteiger partial charge on any atom is -0.472 e. The van der Waals surface area contributed by atoms with Crippen LogP contribution < -0.4 is 10.6 Å². The van der Waals surface area contributed by atoms with Crippen LogP contribution in [0.4, 0.5) is 13.2 Å². The fraction of sp³-hybridized carbons (Fsp3) is 0.583. The van der Waals surface area contributed by atoms with Gasteiger partial charge >= 0.3 is 6.18 Å². The van der Waals surface area contributed by atoms with E-state index in [-0.39, 0.29) is 5.56 Å². The van der Waals surface area contributed by atoms with Crippen LogP contribution in [0.3, 0.4) is 0 Å². The molecule has 1 saturated heterocycles. The third-order valence-corrected chi connectivity index (χ3v) is 3.21. The van der Waals surface area contributed by atoms with E-state index in [0.29, 0.717) is 26.2 Å². The molecule has 1 aliphatic rings. The quantitative estimate of drug-likeness (QED) is 0.863. The summed E-state index contributed by atoms with van der Waals surface area (Å²) >= 11 is 0.